The van der Waals surface area contributed by atoms with Crippen molar-refractivity contribution in [1.29, 1.82) is 0 Å². The Morgan fingerprint density at radius 1 is 0.787 bits per heavy atom. The van der Waals surface area contributed by atoms with Crippen LogP contribution in [-0.4, -0.2) is 31.9 Å². The van der Waals surface area contributed by atoms with Gasteiger partial charge in [-0.15, -0.1) is 0 Å². The van der Waals surface area contributed by atoms with Crippen molar-refractivity contribution in [2.45, 2.75) is 19.3 Å². The van der Waals surface area contributed by atoms with Gasteiger partial charge in [-0.25, -0.2) is 0 Å². The molecule has 0 fully saturated rings. The zero-order valence-electron chi connectivity index (χ0n) is 28.5. The van der Waals surface area contributed by atoms with Crippen molar-refractivity contribution in [2.24, 2.45) is 0 Å². The fourth-order valence-electron chi connectivity index (χ4n) is 5.88. The molecule has 4 heterocycles. The van der Waals surface area contributed by atoms with Crippen LogP contribution in [0.25, 0.3) is 0 Å². The third-order valence-corrected chi connectivity index (χ3v) is 10.6. The molecule has 236 valence electrons. The van der Waals surface area contributed by atoms with Gasteiger partial charge < -0.3 is 0 Å². The molecule has 0 unspecified atom stereocenters. The number of rotatable bonds is 6. The first kappa shape index (κ1) is 27.7. The molecule has 8 heteroatoms. The van der Waals surface area contributed by atoms with Crippen LogP contribution in [-0.2, 0) is 26.5 Å². The summed E-state index contributed by atoms with van der Waals surface area (Å²) in [4.78, 5) is 14.6. The van der Waals surface area contributed by atoms with E-state index in [2.05, 4.69) is 78.3 Å². The summed E-state index contributed by atoms with van der Waals surface area (Å²) in [7, 11) is 0. The Labute approximate surface area is 300 Å². The Morgan fingerprint density at radius 3 is 2.45 bits per heavy atom. The zero-order valence-corrected chi connectivity index (χ0v) is 29.5. The maximum atomic E-state index is 8.04. The van der Waals surface area contributed by atoms with Crippen LogP contribution in [0.4, 0.5) is 34.3 Å². The Hall–Kier alpha value is -4.41. The van der Waals surface area contributed by atoms with E-state index in [1.165, 1.54) is 10.5 Å². The number of nitrogens with zero attached hydrogens (tertiary/aromatic N) is 5. The van der Waals surface area contributed by atoms with Gasteiger partial charge in [-0.2, -0.15) is 0 Å². The maximum Gasteiger partial charge on any atom is 0 e. The van der Waals surface area contributed by atoms with Gasteiger partial charge >= 0.3 is 271 Å². The summed E-state index contributed by atoms with van der Waals surface area (Å²) in [5.74, 6) is 1.80. The molecular weight excluding hydrogens is 829 g/mol. The van der Waals surface area contributed by atoms with Crippen LogP contribution in [0.15, 0.2) is 122 Å². The number of pyridine rings is 2. The van der Waals surface area contributed by atoms with E-state index in [4.69, 9.17) is 13.8 Å². The van der Waals surface area contributed by atoms with Crippen molar-refractivity contribution in [1.82, 2.24) is 9.97 Å². The minimum atomic E-state index is -2.33. The van der Waals surface area contributed by atoms with Gasteiger partial charge in [0, 0.05) is 25.2 Å². The Bertz CT molecular complexity index is 2180. The molecule has 6 nitrogen and oxygen atoms in total. The van der Waals surface area contributed by atoms with Gasteiger partial charge in [0.1, 0.15) is 0 Å². The van der Waals surface area contributed by atoms with E-state index in [-0.39, 0.29) is 41.4 Å². The van der Waals surface area contributed by atoms with Crippen LogP contribution in [0.1, 0.15) is 29.1 Å². The molecule has 0 saturated carbocycles. The monoisotopic (exact) mass is 862 g/mol. The molecule has 6 aromatic rings. The molecule has 0 amide bonds. The first-order valence-corrected chi connectivity index (χ1v) is 16.6. The number of benzene rings is 4. The predicted octanol–water partition coefficient (Wildman–Crippen LogP) is 7.34. The summed E-state index contributed by atoms with van der Waals surface area (Å²) in [5, 5.41) is 0. The SMILES string of the molecule is [2H]C([2H])([2H])N1[CH-]N(c2[c-]c(Oc3[c-]c4c(cc3)[Se]c3cnccc3N4c3cc(C(C)(C)c4ccccc4)ccn3)ccc2)c2ccccc21.[Pt]. The van der Waals surface area contributed by atoms with Crippen LogP contribution in [0.2, 0.25) is 0 Å². The minimum absolute atomic E-state index is 0. The molecule has 0 spiro atoms. The molecular formula is C39H30N5OPtSe-3. The fourth-order valence-corrected chi connectivity index (χ4v) is 7.96. The van der Waals surface area contributed by atoms with Crippen molar-refractivity contribution in [3.05, 3.63) is 152 Å². The Kier molecular flexibility index (Phi) is 7.45. The maximum absolute atomic E-state index is 8.04. The van der Waals surface area contributed by atoms with E-state index in [0.29, 0.717) is 22.9 Å². The van der Waals surface area contributed by atoms with Crippen LogP contribution in [0.3, 0.4) is 0 Å². The van der Waals surface area contributed by atoms with Gasteiger partial charge in [0.25, 0.3) is 0 Å². The van der Waals surface area contributed by atoms with E-state index >= 15 is 0 Å². The predicted molar refractivity (Wildman–Crippen MR) is 186 cm³/mol. The number of para-hydroxylation sites is 2. The summed E-state index contributed by atoms with van der Waals surface area (Å²) in [6.45, 7) is 3.72. The second-order valence-corrected chi connectivity index (χ2v) is 13.8. The van der Waals surface area contributed by atoms with Crippen molar-refractivity contribution in [2.75, 3.05) is 21.7 Å². The van der Waals surface area contributed by atoms with Gasteiger partial charge in [0.2, 0.25) is 0 Å². The zero-order chi connectivity index (χ0) is 33.8. The number of hydrogen-bond acceptors (Lipinski definition) is 6. The van der Waals surface area contributed by atoms with Crippen molar-refractivity contribution in [3.63, 3.8) is 0 Å². The van der Waals surface area contributed by atoms with Gasteiger partial charge in [-0.3, -0.25) is 0 Å². The van der Waals surface area contributed by atoms with Gasteiger partial charge in [0.15, 0.2) is 0 Å². The summed E-state index contributed by atoms with van der Waals surface area (Å²) in [6.07, 6.45) is 5.62. The minimum Gasteiger partial charge on any atom is 0 e. The molecule has 0 saturated heterocycles. The average molecular weight is 862 g/mol. The largest absolute Gasteiger partial charge is 0 e. The van der Waals surface area contributed by atoms with Crippen LogP contribution in [0, 0.1) is 18.8 Å². The molecule has 2 aromatic heterocycles. The van der Waals surface area contributed by atoms with Gasteiger partial charge in [0.05, 0.1) is 0 Å². The van der Waals surface area contributed by atoms with E-state index in [0.717, 1.165) is 37.4 Å². The first-order chi connectivity index (χ1) is 23.7. The third kappa shape index (κ3) is 5.74. The van der Waals surface area contributed by atoms with E-state index in [9.17, 15) is 0 Å². The molecule has 0 N–H and O–H groups in total. The van der Waals surface area contributed by atoms with Crippen LogP contribution >= 0.6 is 0 Å². The average Bonchev–Trinajstić information content (AvgIpc) is 3.52. The molecule has 2 aliphatic rings. The molecule has 0 aliphatic carbocycles. The van der Waals surface area contributed by atoms with Crippen molar-refractivity contribution >= 4 is 58.1 Å². The normalized spacial score (nSPS) is 14.6. The topological polar surface area (TPSA) is 44.7 Å². The summed E-state index contributed by atoms with van der Waals surface area (Å²) < 4.78 is 32.8. The molecule has 2 aliphatic heterocycles. The number of hydrogen-bond donors (Lipinski definition) is 0. The molecule has 8 rings (SSSR count). The molecule has 0 bridgehead atoms. The van der Waals surface area contributed by atoms with Gasteiger partial charge in [-0.05, 0) is 0 Å². The molecule has 47 heavy (non-hydrogen) atoms. The number of aromatic nitrogens is 2. The first-order valence-electron chi connectivity index (χ1n) is 16.4. The molecule has 0 atom stereocenters. The molecule has 0 radical (unpaired) electrons. The van der Waals surface area contributed by atoms with E-state index < -0.39 is 6.98 Å². The van der Waals surface area contributed by atoms with E-state index in [1.54, 1.807) is 12.7 Å². The number of fused-ring (bicyclic) bond motifs is 3. The van der Waals surface area contributed by atoms with Crippen molar-refractivity contribution in [3.8, 4) is 11.5 Å². The smallest absolute Gasteiger partial charge is 0 e. The number of anilines is 6. The van der Waals surface area contributed by atoms with Crippen LogP contribution in [0.5, 0.6) is 11.5 Å². The second kappa shape index (κ2) is 12.7. The third-order valence-electron chi connectivity index (χ3n) is 8.36. The summed E-state index contributed by atoms with van der Waals surface area (Å²) in [6, 6.07) is 40.7. The Balaban J connectivity index is 0.00000392. The van der Waals surface area contributed by atoms with Crippen LogP contribution < -0.4 is 28.4 Å². The van der Waals surface area contributed by atoms with E-state index in [1.807, 2.05) is 78.1 Å². The quantitative estimate of drug-likeness (QED) is 0.129. The fraction of sp³-hybridized carbons (Fsp3) is 0.103. The Morgan fingerprint density at radius 2 is 1.60 bits per heavy atom. The summed E-state index contributed by atoms with van der Waals surface area (Å²) >= 11 is 0.00500. The van der Waals surface area contributed by atoms with Crippen molar-refractivity contribution < 1.29 is 29.9 Å². The second-order valence-electron chi connectivity index (χ2n) is 11.6. The standard InChI is InChI=1S/C39H30N5OSe.Pt/c1-39(2,27-10-5-4-6-11-27)28-18-21-41-38(22-28)44-34-19-20-40-25-37(34)46-36-17-16-31(24-35(36)44)45-30-13-9-12-29(23-30)43-26-42(3)32-14-7-8-15-33(32)43;/h4-22,25-26H,1-3H3;/q-3;/i3D3;. The molecule has 4 aromatic carbocycles. The van der Waals surface area contributed by atoms with Gasteiger partial charge in [-0.1, -0.05) is 6.07 Å². The summed E-state index contributed by atoms with van der Waals surface area (Å²) in [5.41, 5.74) is 6.04. The number of ether oxygens (including phenoxy) is 1.